The molecule has 3 fully saturated rings. The predicted octanol–water partition coefficient (Wildman–Crippen LogP) is 5.88. The molecule has 0 amide bonds. The number of ketones is 1. The second-order valence-corrected chi connectivity index (χ2v) is 16.9. The Morgan fingerprint density at radius 2 is 1.78 bits per heavy atom. The molecule has 0 unspecified atom stereocenters. The summed E-state index contributed by atoms with van der Waals surface area (Å²) in [5, 5.41) is 5.60. The highest BCUT2D eigenvalue weighted by atomic mass is 16.8. The first-order valence-corrected chi connectivity index (χ1v) is 20.7. The van der Waals surface area contributed by atoms with E-state index in [9.17, 15) is 19.2 Å². The Balaban J connectivity index is 1.57. The van der Waals surface area contributed by atoms with Crippen LogP contribution in [0.25, 0.3) is 10.9 Å². The normalized spacial score (nSPS) is 36.0. The quantitative estimate of drug-likeness (QED) is 0.0772. The van der Waals surface area contributed by atoms with Gasteiger partial charge in [0.2, 0.25) is 0 Å². The number of Topliss-reactive ketones (excluding diaryl/α,β-unsaturated/α-hetero) is 1. The molecule has 0 saturated carbocycles. The zero-order chi connectivity index (χ0) is 44.1. The van der Waals surface area contributed by atoms with E-state index in [1.54, 1.807) is 27.0 Å². The Morgan fingerprint density at radius 3 is 2.45 bits per heavy atom. The Morgan fingerprint density at radius 1 is 1.05 bits per heavy atom. The molecule has 2 aromatic rings. The van der Waals surface area contributed by atoms with Crippen molar-refractivity contribution >= 4 is 40.5 Å². The van der Waals surface area contributed by atoms with Crippen molar-refractivity contribution in [2.75, 3.05) is 27.8 Å². The molecule has 1 aromatic heterocycles. The standard InChI is InChI=1S/C45H61N3O12/c1-13-35-45(9)40(59-43(52)60-45)27(4)36(47-54-21-15-16-31-18-19-33-32(23-31)17-14-20-46-33)25(2)24-44(8,53-12)39(28(5)37(50)29(6)41(51)57-35)58-42-38(56-30(7)49)34(48(10)11)22-26(3)55-42/h14,17-20,23,25-29,34-35,38-40,42H,13,21-22,24H2,1-12H3/b47-36+/t25-,26-,27+,28+,29-,34+,35-,38-,39-,40-,42+,44-,45-/m1/s1. The predicted molar refractivity (Wildman–Crippen MR) is 220 cm³/mol. The third-order valence-electron chi connectivity index (χ3n) is 12.2. The first-order valence-electron chi connectivity index (χ1n) is 20.7. The third kappa shape index (κ3) is 10.1. The number of nitrogens with zero attached hydrogens (tertiary/aromatic N) is 3. The van der Waals surface area contributed by atoms with Crippen LogP contribution in [0.2, 0.25) is 0 Å². The van der Waals surface area contributed by atoms with Gasteiger partial charge in [0.25, 0.3) is 0 Å². The van der Waals surface area contributed by atoms with Crippen molar-refractivity contribution in [2.45, 2.75) is 136 Å². The Hall–Kier alpha value is -4.62. The van der Waals surface area contributed by atoms with Gasteiger partial charge in [0.15, 0.2) is 36.5 Å². The molecule has 60 heavy (non-hydrogen) atoms. The molecule has 0 N–H and O–H groups in total. The fourth-order valence-corrected chi connectivity index (χ4v) is 8.97. The number of pyridine rings is 1. The van der Waals surface area contributed by atoms with Gasteiger partial charge in [-0.25, -0.2) is 4.79 Å². The summed E-state index contributed by atoms with van der Waals surface area (Å²) in [5.74, 6) is 0.996. The van der Waals surface area contributed by atoms with Gasteiger partial charge in [-0.3, -0.25) is 19.4 Å². The largest absolute Gasteiger partial charge is 0.509 e. The molecule has 3 saturated heterocycles. The molecule has 3 aliphatic heterocycles. The molecular formula is C45H61N3O12. The summed E-state index contributed by atoms with van der Waals surface area (Å²) in [6.45, 7) is 15.3. The zero-order valence-electron chi connectivity index (χ0n) is 36.9. The van der Waals surface area contributed by atoms with E-state index < -0.39 is 89.5 Å². The molecule has 13 atom stereocenters. The van der Waals surface area contributed by atoms with Crippen molar-refractivity contribution in [1.29, 1.82) is 0 Å². The zero-order valence-corrected chi connectivity index (χ0v) is 36.9. The average Bonchev–Trinajstić information content (AvgIpc) is 3.52. The van der Waals surface area contributed by atoms with E-state index in [-0.39, 0.29) is 31.6 Å². The number of aromatic nitrogens is 1. The van der Waals surface area contributed by atoms with Crippen LogP contribution in [0.3, 0.4) is 0 Å². The van der Waals surface area contributed by atoms with Crippen molar-refractivity contribution in [1.82, 2.24) is 9.88 Å². The first-order chi connectivity index (χ1) is 28.3. The number of carbonyl (C=O) groups excluding carboxylic acids is 4. The van der Waals surface area contributed by atoms with Crippen molar-refractivity contribution in [3.05, 3.63) is 42.1 Å². The molecule has 328 valence electrons. The number of hydrogen-bond donors (Lipinski definition) is 0. The van der Waals surface area contributed by atoms with Crippen molar-refractivity contribution < 1.29 is 57.2 Å². The van der Waals surface area contributed by atoms with Gasteiger partial charge in [-0.2, -0.15) is 0 Å². The minimum atomic E-state index is -1.45. The van der Waals surface area contributed by atoms with E-state index in [1.807, 2.05) is 77.0 Å². The highest BCUT2D eigenvalue weighted by Gasteiger charge is 2.59. The summed E-state index contributed by atoms with van der Waals surface area (Å²) in [6, 6.07) is 9.28. The second-order valence-electron chi connectivity index (χ2n) is 16.9. The van der Waals surface area contributed by atoms with E-state index in [1.165, 1.54) is 21.0 Å². The summed E-state index contributed by atoms with van der Waals surface area (Å²) in [5.41, 5.74) is -0.614. The van der Waals surface area contributed by atoms with Gasteiger partial charge >= 0.3 is 18.1 Å². The number of rotatable bonds is 8. The molecule has 5 rings (SSSR count). The van der Waals surface area contributed by atoms with Gasteiger partial charge in [0, 0.05) is 48.9 Å². The topological polar surface area (TPSA) is 171 Å². The van der Waals surface area contributed by atoms with Crippen molar-refractivity contribution in [3.8, 4) is 11.8 Å². The Kier molecular flexibility index (Phi) is 15.0. The molecule has 15 nitrogen and oxygen atoms in total. The number of oxime groups is 1. The summed E-state index contributed by atoms with van der Waals surface area (Å²) in [7, 11) is 5.29. The minimum absolute atomic E-state index is 0.0695. The van der Waals surface area contributed by atoms with E-state index >= 15 is 0 Å². The van der Waals surface area contributed by atoms with Crippen molar-refractivity contribution in [3.63, 3.8) is 0 Å². The number of benzene rings is 1. The molecule has 0 bridgehead atoms. The van der Waals surface area contributed by atoms with Crippen LogP contribution in [-0.4, -0.2) is 121 Å². The SMILES string of the molecule is CC[C@H]1OC(=O)[C@H](C)C(=O)[C@H](C)[C@@H](O[C@@H]2O[C@H](C)C[C@H](N(C)C)[C@H]2OC(C)=O)[C@](C)(OC)C[C@@H](C)/C(=N\OCC#Cc2ccc3ncccc3c2)[C@H](C)[C@H]2OC(=O)O[C@@]21C. The van der Waals surface area contributed by atoms with Gasteiger partial charge in [0.1, 0.15) is 12.0 Å². The average molecular weight is 836 g/mol. The van der Waals surface area contributed by atoms with Crippen LogP contribution in [0, 0.1) is 35.5 Å². The van der Waals surface area contributed by atoms with E-state index in [0.717, 1.165) is 16.5 Å². The van der Waals surface area contributed by atoms with Crippen LogP contribution in [0.4, 0.5) is 4.79 Å². The summed E-state index contributed by atoms with van der Waals surface area (Å²) < 4.78 is 43.1. The fourth-order valence-electron chi connectivity index (χ4n) is 8.97. The number of methoxy groups -OCH3 is 1. The molecule has 3 aliphatic rings. The first kappa shape index (κ1) is 46.4. The Bertz CT molecular complexity index is 1980. The van der Waals surface area contributed by atoms with Crippen LogP contribution >= 0.6 is 0 Å². The summed E-state index contributed by atoms with van der Waals surface area (Å²) in [6.07, 6.45) is -3.49. The lowest BCUT2D eigenvalue weighted by Crippen LogP contribution is -2.60. The fraction of sp³-hybridized carbons (Fsp3) is 0.644. The molecule has 0 aliphatic carbocycles. The molecule has 0 spiro atoms. The number of carbonyl (C=O) groups is 4. The molecule has 4 heterocycles. The number of hydrogen-bond acceptors (Lipinski definition) is 15. The van der Waals surface area contributed by atoms with Crippen LogP contribution in [0.5, 0.6) is 0 Å². The monoisotopic (exact) mass is 835 g/mol. The van der Waals surface area contributed by atoms with E-state index in [4.69, 9.17) is 38.0 Å². The van der Waals surface area contributed by atoms with Crippen LogP contribution in [-0.2, 0) is 52.4 Å². The lowest BCUT2D eigenvalue weighted by molar-refractivity contribution is -0.297. The van der Waals surface area contributed by atoms with Gasteiger partial charge in [-0.1, -0.05) is 50.8 Å². The van der Waals surface area contributed by atoms with Gasteiger partial charge in [0.05, 0.1) is 35.1 Å². The number of fused-ring (bicyclic) bond motifs is 2. The van der Waals surface area contributed by atoms with Crippen molar-refractivity contribution in [2.24, 2.45) is 28.8 Å². The number of ether oxygens (including phenoxy) is 7. The lowest BCUT2D eigenvalue weighted by Gasteiger charge is -2.47. The van der Waals surface area contributed by atoms with Gasteiger partial charge < -0.3 is 42.9 Å². The molecule has 15 heteroatoms. The minimum Gasteiger partial charge on any atom is -0.457 e. The van der Waals surface area contributed by atoms with E-state index in [0.29, 0.717) is 12.1 Å². The summed E-state index contributed by atoms with van der Waals surface area (Å²) in [4.78, 5) is 66.0. The lowest BCUT2D eigenvalue weighted by atomic mass is 9.74. The van der Waals surface area contributed by atoms with Crippen LogP contribution in [0.15, 0.2) is 41.7 Å². The van der Waals surface area contributed by atoms with Crippen LogP contribution < -0.4 is 0 Å². The van der Waals surface area contributed by atoms with Gasteiger partial charge in [-0.15, -0.1) is 0 Å². The Labute approximate surface area is 353 Å². The third-order valence-corrected chi connectivity index (χ3v) is 12.2. The van der Waals surface area contributed by atoms with Gasteiger partial charge in [-0.05, 0) is 85.3 Å². The molecule has 1 aromatic carbocycles. The molecule has 0 radical (unpaired) electrons. The maximum absolute atomic E-state index is 14.5. The number of esters is 2. The maximum Gasteiger partial charge on any atom is 0.509 e. The highest BCUT2D eigenvalue weighted by Crippen LogP contribution is 2.42. The second kappa shape index (κ2) is 19.4. The highest BCUT2D eigenvalue weighted by molar-refractivity contribution is 6.00. The van der Waals surface area contributed by atoms with E-state index in [2.05, 4.69) is 22.0 Å². The molecular weight excluding hydrogens is 775 g/mol. The number of cyclic esters (lactones) is 1. The maximum atomic E-state index is 14.5. The smallest absolute Gasteiger partial charge is 0.457 e. The summed E-state index contributed by atoms with van der Waals surface area (Å²) >= 11 is 0. The number of likely N-dealkylation sites (N-methyl/N-ethyl adjacent to an activating group) is 1. The van der Waals surface area contributed by atoms with Crippen LogP contribution in [0.1, 0.15) is 87.1 Å².